The molecule has 1 aromatic rings. The molecule has 0 spiro atoms. The zero-order valence-electron chi connectivity index (χ0n) is 25.8. The molecular formula is C27H40N8O8S4. The van der Waals surface area contributed by atoms with Crippen LogP contribution in [-0.4, -0.2) is 59.9 Å². The summed E-state index contributed by atoms with van der Waals surface area (Å²) in [5.41, 5.74) is -1.09. The molecule has 0 heterocycles. The number of nitrogens with one attached hydrogen (secondary N) is 4. The third-order valence-electron chi connectivity index (χ3n) is 6.60. The number of hydrogen-bond acceptors (Lipinski definition) is 12. The Labute approximate surface area is 278 Å². The van der Waals surface area contributed by atoms with Gasteiger partial charge >= 0.3 is 3.41 Å². The minimum Gasteiger partial charge on any atom is -0.213 e. The standard InChI is InChI=1S/C27H40N8O8S4/c28-17-7-1-11-21-32-44(36,37)26-16-6-5-15-25(26)27(45(38,39)33-22-12-2-8-18-29,46(40,41)34-23-13-3-9-19-30)47(42,43)35-24-14-4-10-20-31/h5-6,15-16,32-35H,1-4,7-14,21-24H2. The number of nitriles is 4. The Balaban J connectivity index is 4.06. The van der Waals surface area contributed by atoms with E-state index < -0.39 is 73.6 Å². The highest BCUT2D eigenvalue weighted by Crippen LogP contribution is 2.43. The second-order valence-corrected chi connectivity index (χ2v) is 18.3. The second kappa shape index (κ2) is 20.2. The van der Waals surface area contributed by atoms with Crippen LogP contribution in [0.2, 0.25) is 0 Å². The molecule has 0 bridgehead atoms. The van der Waals surface area contributed by atoms with Gasteiger partial charge in [0.15, 0.2) is 0 Å². The van der Waals surface area contributed by atoms with Gasteiger partial charge in [-0.1, -0.05) is 18.2 Å². The van der Waals surface area contributed by atoms with Crippen molar-refractivity contribution in [2.75, 3.05) is 26.2 Å². The van der Waals surface area contributed by atoms with Gasteiger partial charge < -0.3 is 0 Å². The number of benzene rings is 1. The van der Waals surface area contributed by atoms with Crippen LogP contribution in [0.25, 0.3) is 0 Å². The van der Waals surface area contributed by atoms with E-state index in [1.807, 2.05) is 38.4 Å². The summed E-state index contributed by atoms with van der Waals surface area (Å²) in [5, 5.41) is 35.2. The first kappa shape index (κ1) is 41.8. The lowest BCUT2D eigenvalue weighted by atomic mass is 10.2. The van der Waals surface area contributed by atoms with E-state index in [0.29, 0.717) is 6.42 Å². The average molecular weight is 733 g/mol. The predicted octanol–water partition coefficient (Wildman–Crippen LogP) is 1.61. The van der Waals surface area contributed by atoms with Gasteiger partial charge in [0.1, 0.15) is 0 Å². The Morgan fingerprint density at radius 1 is 0.489 bits per heavy atom. The van der Waals surface area contributed by atoms with E-state index in [0.717, 1.165) is 18.2 Å². The Kier molecular flexibility index (Phi) is 18.0. The van der Waals surface area contributed by atoms with Crippen LogP contribution >= 0.6 is 0 Å². The van der Waals surface area contributed by atoms with Gasteiger partial charge in [-0.3, -0.25) is 0 Å². The fourth-order valence-electron chi connectivity index (χ4n) is 4.33. The number of hydrogen-bond donors (Lipinski definition) is 4. The zero-order chi connectivity index (χ0) is 35.5. The van der Waals surface area contributed by atoms with Crippen LogP contribution in [0.3, 0.4) is 0 Å². The Hall–Kier alpha value is -3.18. The minimum atomic E-state index is -5.62. The molecule has 0 aliphatic rings. The summed E-state index contributed by atoms with van der Waals surface area (Å²) in [6.07, 6.45) is 1.44. The average Bonchev–Trinajstić information content (AvgIpc) is 3.00. The summed E-state index contributed by atoms with van der Waals surface area (Å²) in [4.78, 5) is -0.931. The van der Waals surface area contributed by atoms with Gasteiger partial charge in [-0.15, -0.1) is 0 Å². The van der Waals surface area contributed by atoms with Crippen molar-refractivity contribution in [3.05, 3.63) is 29.8 Å². The highest BCUT2D eigenvalue weighted by atomic mass is 32.3. The molecule has 0 radical (unpaired) electrons. The lowest BCUT2D eigenvalue weighted by molar-refractivity contribution is 0.528. The normalized spacial score (nSPS) is 12.4. The van der Waals surface area contributed by atoms with E-state index in [1.165, 1.54) is 6.07 Å². The molecule has 0 aromatic heterocycles. The first-order valence-electron chi connectivity index (χ1n) is 14.8. The molecule has 0 atom stereocenters. The predicted molar refractivity (Wildman–Crippen MR) is 172 cm³/mol. The van der Waals surface area contributed by atoms with Crippen molar-refractivity contribution in [1.29, 1.82) is 21.0 Å². The van der Waals surface area contributed by atoms with Crippen molar-refractivity contribution < 1.29 is 33.7 Å². The van der Waals surface area contributed by atoms with Crippen LogP contribution in [0, 0.1) is 45.3 Å². The van der Waals surface area contributed by atoms with Crippen LogP contribution in [0.5, 0.6) is 0 Å². The Morgan fingerprint density at radius 2 is 0.809 bits per heavy atom. The smallest absolute Gasteiger partial charge is 0.213 e. The van der Waals surface area contributed by atoms with E-state index >= 15 is 0 Å². The molecule has 47 heavy (non-hydrogen) atoms. The molecule has 0 saturated heterocycles. The fourth-order valence-corrected chi connectivity index (χ4v) is 13.6. The SMILES string of the molecule is N#CCCCCNS(=O)(=O)c1ccccc1C(S(=O)(=O)NCCCCC#N)(S(=O)(=O)NCCCCC#N)S(=O)(=O)NCCCCC#N. The summed E-state index contributed by atoms with van der Waals surface area (Å²) in [5.74, 6) is 0. The summed E-state index contributed by atoms with van der Waals surface area (Å²) >= 11 is 0. The quantitative estimate of drug-likeness (QED) is 0.104. The lowest BCUT2D eigenvalue weighted by Crippen LogP contribution is -2.62. The number of unbranched alkanes of at least 4 members (excludes halogenated alkanes) is 8. The largest absolute Gasteiger partial charge is 0.339 e. The van der Waals surface area contributed by atoms with Crippen molar-refractivity contribution in [3.63, 3.8) is 0 Å². The van der Waals surface area contributed by atoms with Crippen molar-refractivity contribution in [2.24, 2.45) is 0 Å². The molecule has 0 aliphatic carbocycles. The Bertz CT molecular complexity index is 1640. The lowest BCUT2D eigenvalue weighted by Gasteiger charge is -2.34. The monoisotopic (exact) mass is 732 g/mol. The molecule has 4 N–H and O–H groups in total. The van der Waals surface area contributed by atoms with Gasteiger partial charge in [0.05, 0.1) is 29.2 Å². The van der Waals surface area contributed by atoms with Gasteiger partial charge in [0, 0.05) is 57.4 Å². The summed E-state index contributed by atoms with van der Waals surface area (Å²) in [6.45, 7) is -1.66. The van der Waals surface area contributed by atoms with Crippen molar-refractivity contribution >= 4 is 40.1 Å². The summed E-state index contributed by atoms with van der Waals surface area (Å²) in [6, 6.07) is 11.5. The van der Waals surface area contributed by atoms with Crippen LogP contribution in [0.1, 0.15) is 82.6 Å². The van der Waals surface area contributed by atoms with E-state index in [-0.39, 0.29) is 77.2 Å². The Morgan fingerprint density at radius 3 is 1.15 bits per heavy atom. The van der Waals surface area contributed by atoms with Gasteiger partial charge in [-0.05, 0) is 57.4 Å². The van der Waals surface area contributed by atoms with E-state index in [9.17, 15) is 33.7 Å². The molecule has 20 heteroatoms. The minimum absolute atomic E-state index is 0.0241. The van der Waals surface area contributed by atoms with Crippen LogP contribution in [0.15, 0.2) is 29.2 Å². The molecule has 1 aromatic carbocycles. The molecule has 260 valence electrons. The number of sulfonamides is 4. The maximum atomic E-state index is 14.3. The van der Waals surface area contributed by atoms with Crippen molar-refractivity contribution in [3.8, 4) is 24.3 Å². The molecule has 0 amide bonds. The molecule has 1 rings (SSSR count). The van der Waals surface area contributed by atoms with E-state index in [4.69, 9.17) is 21.0 Å². The van der Waals surface area contributed by atoms with Crippen LogP contribution in [0.4, 0.5) is 0 Å². The highest BCUT2D eigenvalue weighted by molar-refractivity contribution is 8.23. The molecule has 0 aliphatic heterocycles. The molecular weight excluding hydrogens is 693 g/mol. The first-order valence-corrected chi connectivity index (χ1v) is 20.7. The van der Waals surface area contributed by atoms with Crippen LogP contribution in [-0.2, 0) is 43.5 Å². The molecule has 0 saturated carbocycles. The maximum Gasteiger partial charge on any atom is 0.339 e. The topological polar surface area (TPSA) is 280 Å². The maximum absolute atomic E-state index is 14.3. The third kappa shape index (κ3) is 11.5. The molecule has 16 nitrogen and oxygen atoms in total. The number of rotatable bonds is 25. The zero-order valence-corrected chi connectivity index (χ0v) is 29.1. The van der Waals surface area contributed by atoms with Gasteiger partial charge in [-0.25, -0.2) is 52.6 Å². The highest BCUT2D eigenvalue weighted by Gasteiger charge is 2.68. The third-order valence-corrected chi connectivity index (χ3v) is 16.6. The van der Waals surface area contributed by atoms with Gasteiger partial charge in [0.2, 0.25) is 10.0 Å². The van der Waals surface area contributed by atoms with E-state index in [1.54, 1.807) is 0 Å². The fraction of sp³-hybridized carbons (Fsp3) is 0.630. The van der Waals surface area contributed by atoms with Crippen LogP contribution < -0.4 is 18.9 Å². The van der Waals surface area contributed by atoms with Crippen molar-refractivity contribution in [2.45, 2.75) is 85.4 Å². The summed E-state index contributed by atoms with van der Waals surface area (Å²) < 4.78 is 117. The van der Waals surface area contributed by atoms with E-state index in [2.05, 4.69) is 4.72 Å². The van der Waals surface area contributed by atoms with Gasteiger partial charge in [-0.2, -0.15) is 21.0 Å². The van der Waals surface area contributed by atoms with Crippen molar-refractivity contribution in [1.82, 2.24) is 18.9 Å². The van der Waals surface area contributed by atoms with Gasteiger partial charge in [0.25, 0.3) is 30.1 Å². The molecule has 0 unspecified atom stereocenters. The molecule has 0 fully saturated rings. The second-order valence-electron chi connectivity index (χ2n) is 10.1. The summed E-state index contributed by atoms with van der Waals surface area (Å²) in [7, 11) is -21.6. The number of nitrogens with zero attached hydrogens (tertiary/aromatic N) is 4. The first-order chi connectivity index (χ1) is 22.2.